The largest absolute Gasteiger partial charge is 0.466 e. The van der Waals surface area contributed by atoms with E-state index in [2.05, 4.69) is 10.3 Å². The van der Waals surface area contributed by atoms with Gasteiger partial charge in [0, 0.05) is 13.0 Å². The molecule has 1 aromatic rings. The van der Waals surface area contributed by atoms with Crippen LogP contribution in [0.3, 0.4) is 0 Å². The van der Waals surface area contributed by atoms with Gasteiger partial charge in [0.15, 0.2) is 0 Å². The van der Waals surface area contributed by atoms with Crippen molar-refractivity contribution < 1.29 is 14.6 Å². The maximum atomic E-state index is 11.0. The zero-order valence-corrected chi connectivity index (χ0v) is 9.43. The van der Waals surface area contributed by atoms with Crippen LogP contribution >= 0.6 is 0 Å². The third-order valence-electron chi connectivity index (χ3n) is 2.17. The molecular weight excluding hydrogens is 210 g/mol. The molecule has 0 bridgehead atoms. The molecule has 1 heterocycles. The first-order valence-electron chi connectivity index (χ1n) is 5.41. The Hall–Kier alpha value is -1.43. The van der Waals surface area contributed by atoms with Crippen LogP contribution < -0.4 is 0 Å². The molecule has 0 aliphatic rings. The number of hydrogen-bond donors (Lipinski definition) is 1. The minimum atomic E-state index is -0.163. The van der Waals surface area contributed by atoms with Crippen molar-refractivity contribution in [1.82, 2.24) is 15.0 Å². The number of esters is 1. The van der Waals surface area contributed by atoms with Crippen LogP contribution in [0.25, 0.3) is 0 Å². The molecule has 0 aliphatic heterocycles. The topological polar surface area (TPSA) is 77.2 Å². The zero-order chi connectivity index (χ0) is 11.8. The molecular formula is C10H17N3O3. The van der Waals surface area contributed by atoms with Crippen molar-refractivity contribution in [2.45, 2.75) is 39.3 Å². The van der Waals surface area contributed by atoms with Gasteiger partial charge in [-0.25, -0.2) is 4.68 Å². The summed E-state index contributed by atoms with van der Waals surface area (Å²) in [6, 6.07) is 0. The highest BCUT2D eigenvalue weighted by molar-refractivity contribution is 5.69. The number of hydrogen-bond acceptors (Lipinski definition) is 5. The predicted molar refractivity (Wildman–Crippen MR) is 56.4 cm³/mol. The third-order valence-corrected chi connectivity index (χ3v) is 2.17. The Labute approximate surface area is 94.2 Å². The molecule has 90 valence electrons. The number of rotatable bonds is 7. The summed E-state index contributed by atoms with van der Waals surface area (Å²) in [5.41, 5.74) is 0.691. The summed E-state index contributed by atoms with van der Waals surface area (Å²) >= 11 is 0. The number of aliphatic hydroxyl groups is 1. The molecule has 0 amide bonds. The van der Waals surface area contributed by atoms with Crippen molar-refractivity contribution in [1.29, 1.82) is 0 Å². The van der Waals surface area contributed by atoms with Crippen LogP contribution in [0.4, 0.5) is 0 Å². The second kappa shape index (κ2) is 6.95. The average Bonchev–Trinajstić information content (AvgIpc) is 2.72. The lowest BCUT2D eigenvalue weighted by Crippen LogP contribution is -2.07. The number of carbonyl (C=O) groups excluding carboxylic acids is 1. The molecule has 6 heteroatoms. The molecule has 0 saturated heterocycles. The lowest BCUT2D eigenvalue weighted by atomic mass is 10.2. The SMILES string of the molecule is CCOC(=O)CCCCn1nncc1CO. The first kappa shape index (κ1) is 12.6. The van der Waals surface area contributed by atoms with E-state index in [1.807, 2.05) is 0 Å². The molecule has 0 saturated carbocycles. The average molecular weight is 227 g/mol. The Bertz CT molecular complexity index is 325. The number of carbonyl (C=O) groups is 1. The highest BCUT2D eigenvalue weighted by Gasteiger charge is 2.04. The third kappa shape index (κ3) is 3.98. The predicted octanol–water partition coefficient (Wildman–Crippen LogP) is 0.504. The Morgan fingerprint density at radius 3 is 3.06 bits per heavy atom. The minimum Gasteiger partial charge on any atom is -0.466 e. The molecule has 0 spiro atoms. The quantitative estimate of drug-likeness (QED) is 0.542. The standard InChI is InChI=1S/C10H17N3O3/c1-2-16-10(15)5-3-4-6-13-9(8-14)7-11-12-13/h7,14H,2-6,8H2,1H3. The second-order valence-corrected chi connectivity index (χ2v) is 3.37. The van der Waals surface area contributed by atoms with E-state index in [0.717, 1.165) is 12.8 Å². The van der Waals surface area contributed by atoms with Crippen LogP contribution in [0, 0.1) is 0 Å². The highest BCUT2D eigenvalue weighted by atomic mass is 16.5. The molecule has 0 atom stereocenters. The maximum Gasteiger partial charge on any atom is 0.305 e. The summed E-state index contributed by atoms with van der Waals surface area (Å²) in [5.74, 6) is -0.163. The van der Waals surface area contributed by atoms with Crippen molar-refractivity contribution in [2.24, 2.45) is 0 Å². The minimum absolute atomic E-state index is 0.0646. The molecule has 0 radical (unpaired) electrons. The van der Waals surface area contributed by atoms with E-state index in [1.54, 1.807) is 11.6 Å². The monoisotopic (exact) mass is 227 g/mol. The first-order valence-corrected chi connectivity index (χ1v) is 5.41. The van der Waals surface area contributed by atoms with Gasteiger partial charge in [0.1, 0.15) is 0 Å². The molecule has 6 nitrogen and oxygen atoms in total. The summed E-state index contributed by atoms with van der Waals surface area (Å²) in [7, 11) is 0. The van der Waals surface area contributed by atoms with E-state index >= 15 is 0 Å². The van der Waals surface area contributed by atoms with Crippen LogP contribution in [0.15, 0.2) is 6.20 Å². The Balaban J connectivity index is 2.18. The number of aliphatic hydroxyl groups excluding tert-OH is 1. The van der Waals surface area contributed by atoms with E-state index in [-0.39, 0.29) is 12.6 Å². The molecule has 0 unspecified atom stereocenters. The summed E-state index contributed by atoms with van der Waals surface area (Å²) in [4.78, 5) is 11.0. The van der Waals surface area contributed by atoms with Crippen LogP contribution in [-0.2, 0) is 22.7 Å². The fourth-order valence-electron chi connectivity index (χ4n) is 1.35. The fourth-order valence-corrected chi connectivity index (χ4v) is 1.35. The first-order chi connectivity index (χ1) is 7.77. The van der Waals surface area contributed by atoms with Crippen molar-refractivity contribution >= 4 is 5.97 Å². The Kier molecular flexibility index (Phi) is 5.49. The Morgan fingerprint density at radius 1 is 1.56 bits per heavy atom. The smallest absolute Gasteiger partial charge is 0.305 e. The van der Waals surface area contributed by atoms with Gasteiger partial charge in [0.25, 0.3) is 0 Å². The summed E-state index contributed by atoms with van der Waals surface area (Å²) in [6.07, 6.45) is 3.53. The molecule has 16 heavy (non-hydrogen) atoms. The van der Waals surface area contributed by atoms with E-state index in [0.29, 0.717) is 25.3 Å². The van der Waals surface area contributed by atoms with Crippen molar-refractivity contribution in [3.8, 4) is 0 Å². The number of ether oxygens (including phenoxy) is 1. The molecule has 1 aromatic heterocycles. The van der Waals surface area contributed by atoms with Gasteiger partial charge in [-0.2, -0.15) is 0 Å². The van der Waals surface area contributed by atoms with E-state index in [4.69, 9.17) is 9.84 Å². The summed E-state index contributed by atoms with van der Waals surface area (Å²) in [5, 5.41) is 16.5. The normalized spacial score (nSPS) is 10.4. The summed E-state index contributed by atoms with van der Waals surface area (Å²) < 4.78 is 6.45. The number of aromatic nitrogens is 3. The zero-order valence-electron chi connectivity index (χ0n) is 9.43. The van der Waals surface area contributed by atoms with Gasteiger partial charge < -0.3 is 9.84 Å². The molecule has 0 aromatic carbocycles. The van der Waals surface area contributed by atoms with Gasteiger partial charge in [-0.3, -0.25) is 4.79 Å². The Morgan fingerprint density at radius 2 is 2.38 bits per heavy atom. The van der Waals surface area contributed by atoms with Crippen LogP contribution in [0.1, 0.15) is 31.9 Å². The lowest BCUT2D eigenvalue weighted by molar-refractivity contribution is -0.143. The molecule has 1 N–H and O–H groups in total. The summed E-state index contributed by atoms with van der Waals surface area (Å²) in [6.45, 7) is 2.82. The van der Waals surface area contributed by atoms with Crippen LogP contribution in [0.5, 0.6) is 0 Å². The van der Waals surface area contributed by atoms with Crippen molar-refractivity contribution in [2.75, 3.05) is 6.61 Å². The second-order valence-electron chi connectivity index (χ2n) is 3.37. The van der Waals surface area contributed by atoms with Gasteiger partial charge in [0.2, 0.25) is 0 Å². The van der Waals surface area contributed by atoms with Crippen LogP contribution in [0.2, 0.25) is 0 Å². The van der Waals surface area contributed by atoms with Gasteiger partial charge in [-0.05, 0) is 19.8 Å². The number of nitrogens with zero attached hydrogens (tertiary/aromatic N) is 3. The van der Waals surface area contributed by atoms with E-state index in [1.165, 1.54) is 6.20 Å². The van der Waals surface area contributed by atoms with Gasteiger partial charge in [0.05, 0.1) is 25.1 Å². The van der Waals surface area contributed by atoms with Crippen molar-refractivity contribution in [3.63, 3.8) is 0 Å². The fraction of sp³-hybridized carbons (Fsp3) is 0.700. The van der Waals surface area contributed by atoms with E-state index < -0.39 is 0 Å². The molecule has 0 aliphatic carbocycles. The lowest BCUT2D eigenvalue weighted by Gasteiger charge is -2.04. The number of unbranched alkanes of at least 4 members (excludes halogenated alkanes) is 1. The van der Waals surface area contributed by atoms with Crippen LogP contribution in [-0.4, -0.2) is 32.7 Å². The number of aryl methyl sites for hydroxylation is 1. The molecule has 1 rings (SSSR count). The highest BCUT2D eigenvalue weighted by Crippen LogP contribution is 2.02. The maximum absolute atomic E-state index is 11.0. The van der Waals surface area contributed by atoms with Gasteiger partial charge >= 0.3 is 5.97 Å². The van der Waals surface area contributed by atoms with Gasteiger partial charge in [-0.1, -0.05) is 5.21 Å². The van der Waals surface area contributed by atoms with Crippen molar-refractivity contribution in [3.05, 3.63) is 11.9 Å². The van der Waals surface area contributed by atoms with E-state index in [9.17, 15) is 4.79 Å². The van der Waals surface area contributed by atoms with Gasteiger partial charge in [-0.15, -0.1) is 5.10 Å². The molecule has 0 fully saturated rings.